The van der Waals surface area contributed by atoms with Crippen LogP contribution in [0.5, 0.6) is 0 Å². The van der Waals surface area contributed by atoms with E-state index >= 15 is 0 Å². The molecule has 0 aromatic heterocycles. The smallest absolute Gasteiger partial charge is 0.313 e. The Bertz CT molecular complexity index is 657. The van der Waals surface area contributed by atoms with Crippen LogP contribution >= 0.6 is 0 Å². The number of halogens is 1. The van der Waals surface area contributed by atoms with Gasteiger partial charge in [-0.2, -0.15) is 0 Å². The minimum absolute atomic E-state index is 0.287. The van der Waals surface area contributed by atoms with Crippen molar-refractivity contribution < 1.29 is 24.1 Å². The highest BCUT2D eigenvalue weighted by molar-refractivity contribution is 5.78. The van der Waals surface area contributed by atoms with Gasteiger partial charge in [0, 0.05) is 5.56 Å². The molecule has 122 valence electrons. The van der Waals surface area contributed by atoms with Gasteiger partial charge in [-0.1, -0.05) is 42.5 Å². The third-order valence-electron chi connectivity index (χ3n) is 3.56. The number of aliphatic hydroxyl groups excluding tert-OH is 2. The maximum Gasteiger partial charge on any atom is 0.313 e. The van der Waals surface area contributed by atoms with E-state index in [0.29, 0.717) is 11.1 Å². The first-order valence-corrected chi connectivity index (χ1v) is 7.33. The van der Waals surface area contributed by atoms with Crippen molar-refractivity contribution in [3.05, 3.63) is 59.9 Å². The molecule has 0 spiro atoms. The molecule has 0 radical (unpaired) electrons. The lowest BCUT2D eigenvalue weighted by molar-refractivity contribution is -0.148. The summed E-state index contributed by atoms with van der Waals surface area (Å²) < 4.78 is 19.2. The van der Waals surface area contributed by atoms with Crippen LogP contribution in [-0.2, 0) is 9.53 Å². The molecule has 0 amide bonds. The van der Waals surface area contributed by atoms with Crippen LogP contribution in [0.25, 0.3) is 11.1 Å². The van der Waals surface area contributed by atoms with E-state index in [1.807, 2.05) is 30.3 Å². The number of hydrogen-bond acceptors (Lipinski definition) is 4. The highest BCUT2D eigenvalue weighted by atomic mass is 19.1. The van der Waals surface area contributed by atoms with Gasteiger partial charge in [-0.15, -0.1) is 0 Å². The minimum Gasteiger partial charge on any atom is -0.462 e. The number of esters is 1. The lowest BCUT2D eigenvalue weighted by Gasteiger charge is -2.14. The highest BCUT2D eigenvalue weighted by Gasteiger charge is 2.19. The van der Waals surface area contributed by atoms with Crippen molar-refractivity contribution in [1.82, 2.24) is 0 Å². The number of hydrogen-bond donors (Lipinski definition) is 2. The fraction of sp³-hybridized carbons (Fsp3) is 0.278. The van der Waals surface area contributed by atoms with Crippen LogP contribution in [0.1, 0.15) is 18.4 Å². The van der Waals surface area contributed by atoms with Gasteiger partial charge in [0.1, 0.15) is 18.5 Å². The quantitative estimate of drug-likeness (QED) is 0.803. The van der Waals surface area contributed by atoms with Crippen LogP contribution in [-0.4, -0.2) is 35.5 Å². The van der Waals surface area contributed by atoms with E-state index in [9.17, 15) is 14.3 Å². The van der Waals surface area contributed by atoms with Gasteiger partial charge in [-0.25, -0.2) is 4.39 Å². The second-order valence-corrected chi connectivity index (χ2v) is 5.29. The zero-order chi connectivity index (χ0) is 16.8. The predicted octanol–water partition coefficient (Wildman–Crippen LogP) is 2.49. The van der Waals surface area contributed by atoms with Crippen molar-refractivity contribution >= 4 is 5.97 Å². The topological polar surface area (TPSA) is 66.8 Å². The Balaban J connectivity index is 2.12. The largest absolute Gasteiger partial charge is 0.462 e. The fourth-order valence-electron chi connectivity index (χ4n) is 2.14. The lowest BCUT2D eigenvalue weighted by atomic mass is 9.97. The molecule has 4 nitrogen and oxygen atoms in total. The summed E-state index contributed by atoms with van der Waals surface area (Å²) in [5.41, 5.74) is 1.72. The van der Waals surface area contributed by atoms with E-state index in [1.165, 1.54) is 6.07 Å². The Morgan fingerprint density at radius 3 is 2.52 bits per heavy atom. The van der Waals surface area contributed by atoms with Crippen LogP contribution < -0.4 is 0 Å². The summed E-state index contributed by atoms with van der Waals surface area (Å²) in [5.74, 6) is -1.66. The molecule has 0 saturated heterocycles. The van der Waals surface area contributed by atoms with E-state index in [-0.39, 0.29) is 6.61 Å². The van der Waals surface area contributed by atoms with Gasteiger partial charge in [-0.05, 0) is 24.1 Å². The highest BCUT2D eigenvalue weighted by Crippen LogP contribution is 2.26. The predicted molar refractivity (Wildman–Crippen MR) is 84.3 cm³/mol. The summed E-state index contributed by atoms with van der Waals surface area (Å²) >= 11 is 0. The number of ether oxygens (including phenoxy) is 1. The summed E-state index contributed by atoms with van der Waals surface area (Å²) in [6.07, 6.45) is -1.11. The van der Waals surface area contributed by atoms with E-state index in [1.54, 1.807) is 19.1 Å². The molecule has 5 heteroatoms. The van der Waals surface area contributed by atoms with Gasteiger partial charge in [0.25, 0.3) is 0 Å². The fourth-order valence-corrected chi connectivity index (χ4v) is 2.14. The minimum atomic E-state index is -1.11. The summed E-state index contributed by atoms with van der Waals surface area (Å²) in [5, 5.41) is 17.9. The summed E-state index contributed by atoms with van der Waals surface area (Å²) in [6, 6.07) is 13.8. The van der Waals surface area contributed by atoms with E-state index in [0.717, 1.165) is 5.56 Å². The van der Waals surface area contributed by atoms with Crippen LogP contribution in [0, 0.1) is 5.82 Å². The molecule has 0 saturated carbocycles. The molecule has 2 N–H and O–H groups in total. The first kappa shape index (κ1) is 17.1. The number of rotatable bonds is 6. The second kappa shape index (κ2) is 7.85. The van der Waals surface area contributed by atoms with Gasteiger partial charge in [0.2, 0.25) is 0 Å². The molecule has 0 aliphatic rings. The van der Waals surface area contributed by atoms with Crippen molar-refractivity contribution in [2.75, 3.05) is 13.2 Å². The molecule has 0 aliphatic heterocycles. The molecule has 1 unspecified atom stereocenters. The first-order valence-electron chi connectivity index (χ1n) is 7.33. The summed E-state index contributed by atoms with van der Waals surface area (Å²) in [6.45, 7) is 0.830. The van der Waals surface area contributed by atoms with Crippen LogP contribution in [0.3, 0.4) is 0 Å². The van der Waals surface area contributed by atoms with Crippen molar-refractivity contribution in [3.63, 3.8) is 0 Å². The Labute approximate surface area is 134 Å². The van der Waals surface area contributed by atoms with Gasteiger partial charge in [0.15, 0.2) is 0 Å². The zero-order valence-electron chi connectivity index (χ0n) is 12.8. The molecule has 0 bridgehead atoms. The van der Waals surface area contributed by atoms with Crippen molar-refractivity contribution in [2.24, 2.45) is 0 Å². The molecule has 2 atom stereocenters. The number of carbonyl (C=O) groups is 1. The van der Waals surface area contributed by atoms with Gasteiger partial charge in [0.05, 0.1) is 12.5 Å². The normalized spacial score (nSPS) is 13.4. The lowest BCUT2D eigenvalue weighted by Crippen LogP contribution is -2.24. The van der Waals surface area contributed by atoms with E-state index < -0.39 is 30.4 Å². The van der Waals surface area contributed by atoms with E-state index in [4.69, 9.17) is 9.84 Å². The second-order valence-electron chi connectivity index (χ2n) is 5.29. The molecule has 0 fully saturated rings. The Hall–Kier alpha value is -2.24. The zero-order valence-corrected chi connectivity index (χ0v) is 12.8. The molecule has 0 heterocycles. The van der Waals surface area contributed by atoms with Crippen molar-refractivity contribution in [2.45, 2.75) is 18.9 Å². The Kier molecular flexibility index (Phi) is 5.84. The molecular formula is C18H19FO4. The third kappa shape index (κ3) is 4.37. The average Bonchev–Trinajstić information content (AvgIpc) is 2.59. The standard InChI is InChI=1S/C18H19FO4/c1-12(18(22)23-11-15(21)10-20)14-7-8-16(17(19)9-14)13-5-3-2-4-6-13/h2-9,12,15,20-21H,10-11H2,1H3/t12?,15-/m0/s1. The molecule has 0 aliphatic carbocycles. The SMILES string of the molecule is CC(C(=O)OC[C@@H](O)CO)c1ccc(-c2ccccc2)c(F)c1. The Morgan fingerprint density at radius 1 is 1.22 bits per heavy atom. The summed E-state index contributed by atoms with van der Waals surface area (Å²) in [7, 11) is 0. The molecule has 2 aromatic rings. The van der Waals surface area contributed by atoms with Crippen molar-refractivity contribution in [1.29, 1.82) is 0 Å². The average molecular weight is 318 g/mol. The van der Waals surface area contributed by atoms with Crippen molar-refractivity contribution in [3.8, 4) is 11.1 Å². The third-order valence-corrected chi connectivity index (χ3v) is 3.56. The molecule has 23 heavy (non-hydrogen) atoms. The van der Waals surface area contributed by atoms with Crippen LogP contribution in [0.2, 0.25) is 0 Å². The van der Waals surface area contributed by atoms with Crippen LogP contribution in [0.15, 0.2) is 48.5 Å². The molecule has 2 rings (SSSR count). The summed E-state index contributed by atoms with van der Waals surface area (Å²) in [4.78, 5) is 11.9. The van der Waals surface area contributed by atoms with E-state index in [2.05, 4.69) is 0 Å². The molecule has 2 aromatic carbocycles. The number of aliphatic hydroxyl groups is 2. The number of benzene rings is 2. The first-order chi connectivity index (χ1) is 11.0. The van der Waals surface area contributed by atoms with Gasteiger partial charge in [-0.3, -0.25) is 4.79 Å². The maximum atomic E-state index is 14.3. The maximum absolute atomic E-state index is 14.3. The Morgan fingerprint density at radius 2 is 1.91 bits per heavy atom. The van der Waals surface area contributed by atoms with Crippen LogP contribution in [0.4, 0.5) is 4.39 Å². The number of carbonyl (C=O) groups excluding carboxylic acids is 1. The monoisotopic (exact) mass is 318 g/mol. The van der Waals surface area contributed by atoms with Gasteiger partial charge < -0.3 is 14.9 Å². The van der Waals surface area contributed by atoms with Gasteiger partial charge >= 0.3 is 5.97 Å². The molecular weight excluding hydrogens is 299 g/mol.